The van der Waals surface area contributed by atoms with Crippen molar-refractivity contribution in [1.29, 1.82) is 0 Å². The van der Waals surface area contributed by atoms with Gasteiger partial charge in [0.25, 0.3) is 0 Å². The minimum atomic E-state index is -0.556. The zero-order chi connectivity index (χ0) is 14.7. The number of hydrogen-bond acceptors (Lipinski definition) is 2. The van der Waals surface area contributed by atoms with Gasteiger partial charge >= 0.3 is 0 Å². The highest BCUT2D eigenvalue weighted by molar-refractivity contribution is 5.81. The molecule has 0 aliphatic carbocycles. The van der Waals surface area contributed by atoms with Crippen molar-refractivity contribution in [1.82, 2.24) is 10.3 Å². The minimum Gasteiger partial charge on any atom is -0.309 e. The summed E-state index contributed by atoms with van der Waals surface area (Å²) in [7, 11) is 0. The molecule has 0 radical (unpaired) electrons. The van der Waals surface area contributed by atoms with Crippen molar-refractivity contribution in [3.05, 3.63) is 77.6 Å². The fourth-order valence-corrected chi connectivity index (χ4v) is 2.25. The quantitative estimate of drug-likeness (QED) is 0.788. The number of pyridine rings is 1. The number of hydrogen-bond donors (Lipinski definition) is 1. The van der Waals surface area contributed by atoms with E-state index in [1.807, 2.05) is 24.4 Å². The van der Waals surface area contributed by atoms with Crippen LogP contribution < -0.4 is 5.32 Å². The van der Waals surface area contributed by atoms with Gasteiger partial charge in [-0.25, -0.2) is 8.78 Å². The Morgan fingerprint density at radius 2 is 1.81 bits per heavy atom. The van der Waals surface area contributed by atoms with Gasteiger partial charge < -0.3 is 5.32 Å². The Morgan fingerprint density at radius 3 is 2.67 bits per heavy atom. The van der Waals surface area contributed by atoms with E-state index in [0.717, 1.165) is 22.4 Å². The summed E-state index contributed by atoms with van der Waals surface area (Å²) in [5.41, 5.74) is 1.57. The number of fused-ring (bicyclic) bond motifs is 1. The van der Waals surface area contributed by atoms with Crippen LogP contribution in [0.2, 0.25) is 0 Å². The summed E-state index contributed by atoms with van der Waals surface area (Å²) in [4.78, 5) is 4.07. The molecule has 1 N–H and O–H groups in total. The highest BCUT2D eigenvalue weighted by Gasteiger charge is 2.03. The lowest BCUT2D eigenvalue weighted by Crippen LogP contribution is -2.13. The van der Waals surface area contributed by atoms with Crippen molar-refractivity contribution in [3.63, 3.8) is 0 Å². The molecular weight excluding hydrogens is 270 g/mol. The van der Waals surface area contributed by atoms with Gasteiger partial charge in [0, 0.05) is 42.5 Å². The average molecular weight is 284 g/mol. The fourth-order valence-electron chi connectivity index (χ4n) is 2.25. The molecule has 106 valence electrons. The van der Waals surface area contributed by atoms with Crippen LogP contribution >= 0.6 is 0 Å². The van der Waals surface area contributed by atoms with Crippen LogP contribution in [-0.4, -0.2) is 4.98 Å². The molecule has 0 fully saturated rings. The molecule has 0 amide bonds. The maximum Gasteiger partial charge on any atom is 0.130 e. The van der Waals surface area contributed by atoms with Crippen LogP contribution in [0.25, 0.3) is 10.8 Å². The maximum atomic E-state index is 13.5. The van der Waals surface area contributed by atoms with Crippen LogP contribution in [0.3, 0.4) is 0 Å². The Morgan fingerprint density at radius 1 is 0.905 bits per heavy atom. The first kappa shape index (κ1) is 13.6. The molecule has 0 bridgehead atoms. The van der Waals surface area contributed by atoms with E-state index < -0.39 is 11.6 Å². The third kappa shape index (κ3) is 3.23. The first-order valence-electron chi connectivity index (χ1n) is 6.70. The van der Waals surface area contributed by atoms with E-state index in [9.17, 15) is 8.78 Å². The second-order valence-corrected chi connectivity index (χ2v) is 4.90. The molecule has 0 saturated carbocycles. The van der Waals surface area contributed by atoms with Gasteiger partial charge in [-0.2, -0.15) is 0 Å². The van der Waals surface area contributed by atoms with Crippen LogP contribution in [0.15, 0.2) is 54.9 Å². The van der Waals surface area contributed by atoms with Crippen LogP contribution in [0, 0.1) is 11.6 Å². The standard InChI is InChI=1S/C17H14F2N2/c18-16-4-3-15(17(19)8-16)11-21-9-12-1-2-14-10-20-6-5-13(14)7-12/h1-8,10,21H,9,11H2. The molecule has 1 heterocycles. The summed E-state index contributed by atoms with van der Waals surface area (Å²) in [6, 6.07) is 11.7. The molecule has 3 rings (SSSR count). The van der Waals surface area contributed by atoms with E-state index in [2.05, 4.69) is 16.4 Å². The van der Waals surface area contributed by atoms with Crippen molar-refractivity contribution < 1.29 is 8.78 Å². The Kier molecular flexibility index (Phi) is 3.88. The molecule has 4 heteroatoms. The van der Waals surface area contributed by atoms with Gasteiger partial charge in [0.2, 0.25) is 0 Å². The largest absolute Gasteiger partial charge is 0.309 e. The minimum absolute atomic E-state index is 0.362. The predicted molar refractivity (Wildman–Crippen MR) is 78.6 cm³/mol. The van der Waals surface area contributed by atoms with Gasteiger partial charge in [-0.1, -0.05) is 18.2 Å². The Balaban J connectivity index is 1.66. The SMILES string of the molecule is Fc1ccc(CNCc2ccc3cnccc3c2)c(F)c1. The number of nitrogens with one attached hydrogen (secondary N) is 1. The fraction of sp³-hybridized carbons (Fsp3) is 0.118. The molecule has 3 aromatic rings. The Labute approximate surface area is 121 Å². The molecule has 2 nitrogen and oxygen atoms in total. The molecule has 0 aliphatic heterocycles. The number of rotatable bonds is 4. The molecular formula is C17H14F2N2. The van der Waals surface area contributed by atoms with Crippen molar-refractivity contribution in [2.75, 3.05) is 0 Å². The Bertz CT molecular complexity index is 772. The topological polar surface area (TPSA) is 24.9 Å². The lowest BCUT2D eigenvalue weighted by molar-refractivity contribution is 0.560. The lowest BCUT2D eigenvalue weighted by atomic mass is 10.1. The Hall–Kier alpha value is -2.33. The predicted octanol–water partition coefficient (Wildman–Crippen LogP) is 3.80. The van der Waals surface area contributed by atoms with E-state index in [1.54, 1.807) is 6.20 Å². The summed E-state index contributed by atoms with van der Waals surface area (Å²) in [5.74, 6) is -1.08. The first-order chi connectivity index (χ1) is 10.2. The highest BCUT2D eigenvalue weighted by Crippen LogP contribution is 2.15. The van der Waals surface area contributed by atoms with Gasteiger partial charge in [0.05, 0.1) is 0 Å². The third-order valence-electron chi connectivity index (χ3n) is 3.36. The summed E-state index contributed by atoms with van der Waals surface area (Å²) >= 11 is 0. The van der Waals surface area contributed by atoms with Crippen molar-refractivity contribution in [2.24, 2.45) is 0 Å². The highest BCUT2D eigenvalue weighted by atomic mass is 19.1. The lowest BCUT2D eigenvalue weighted by Gasteiger charge is -2.07. The zero-order valence-corrected chi connectivity index (χ0v) is 11.3. The van der Waals surface area contributed by atoms with Crippen LogP contribution in [-0.2, 0) is 13.1 Å². The van der Waals surface area contributed by atoms with Gasteiger partial charge in [0.15, 0.2) is 0 Å². The van der Waals surface area contributed by atoms with Crippen molar-refractivity contribution in [3.8, 4) is 0 Å². The molecule has 21 heavy (non-hydrogen) atoms. The van der Waals surface area contributed by atoms with Crippen molar-refractivity contribution >= 4 is 10.8 Å². The molecule has 0 spiro atoms. The number of nitrogens with zero attached hydrogens (tertiary/aromatic N) is 1. The van der Waals surface area contributed by atoms with Crippen LogP contribution in [0.5, 0.6) is 0 Å². The van der Waals surface area contributed by atoms with Crippen LogP contribution in [0.1, 0.15) is 11.1 Å². The monoisotopic (exact) mass is 284 g/mol. The van der Waals surface area contributed by atoms with E-state index >= 15 is 0 Å². The number of halogens is 2. The van der Waals surface area contributed by atoms with E-state index in [0.29, 0.717) is 18.7 Å². The summed E-state index contributed by atoms with van der Waals surface area (Å²) < 4.78 is 26.3. The third-order valence-corrected chi connectivity index (χ3v) is 3.36. The van der Waals surface area contributed by atoms with E-state index in [4.69, 9.17) is 0 Å². The average Bonchev–Trinajstić information content (AvgIpc) is 2.49. The number of benzene rings is 2. The molecule has 0 atom stereocenters. The molecule has 2 aromatic carbocycles. The molecule has 0 saturated heterocycles. The van der Waals surface area contributed by atoms with Gasteiger partial charge in [-0.05, 0) is 29.1 Å². The number of aromatic nitrogens is 1. The van der Waals surface area contributed by atoms with E-state index in [-0.39, 0.29) is 0 Å². The summed E-state index contributed by atoms with van der Waals surface area (Å²) in [5, 5.41) is 5.38. The summed E-state index contributed by atoms with van der Waals surface area (Å²) in [6.07, 6.45) is 3.58. The van der Waals surface area contributed by atoms with Gasteiger partial charge in [-0.3, -0.25) is 4.98 Å². The normalized spacial score (nSPS) is 11.0. The van der Waals surface area contributed by atoms with Gasteiger partial charge in [0.1, 0.15) is 11.6 Å². The summed E-state index contributed by atoms with van der Waals surface area (Å²) in [6.45, 7) is 0.982. The second-order valence-electron chi connectivity index (χ2n) is 4.90. The molecule has 0 unspecified atom stereocenters. The zero-order valence-electron chi connectivity index (χ0n) is 11.3. The molecule has 1 aromatic heterocycles. The second kappa shape index (κ2) is 5.97. The van der Waals surface area contributed by atoms with Crippen molar-refractivity contribution in [2.45, 2.75) is 13.1 Å². The van der Waals surface area contributed by atoms with E-state index in [1.165, 1.54) is 12.1 Å². The maximum absolute atomic E-state index is 13.5. The smallest absolute Gasteiger partial charge is 0.130 e. The molecule has 0 aliphatic rings. The van der Waals surface area contributed by atoms with Crippen LogP contribution in [0.4, 0.5) is 8.78 Å². The van der Waals surface area contributed by atoms with Gasteiger partial charge in [-0.15, -0.1) is 0 Å². The first-order valence-corrected chi connectivity index (χ1v) is 6.70.